The average molecular weight is 359 g/mol. The summed E-state index contributed by atoms with van der Waals surface area (Å²) in [5.74, 6) is 0.799. The number of fused-ring (bicyclic) bond motifs is 1. The summed E-state index contributed by atoms with van der Waals surface area (Å²) in [6.07, 6.45) is 10.5. The third-order valence-corrected chi connectivity index (χ3v) is 6.34. The van der Waals surface area contributed by atoms with Crippen molar-refractivity contribution in [1.82, 2.24) is 10.2 Å². The Kier molecular flexibility index (Phi) is 6.58. The first kappa shape index (κ1) is 19.2. The number of hydrogen-bond donors (Lipinski definition) is 2. The van der Waals surface area contributed by atoms with Crippen LogP contribution in [0.15, 0.2) is 18.2 Å². The van der Waals surface area contributed by atoms with Crippen LogP contribution in [0.25, 0.3) is 0 Å². The average Bonchev–Trinajstić information content (AvgIpc) is 2.64. The standard InChI is InChI=1S/C22H34N2O2/c1-16-9-12-21(25)19(15-16)22(26)23-13-5-6-14-24-17(2)10-11-18-7-3-4-8-20(18)24/h9,12,15,17-18,20,25H,3-8,10-11,13-14H2,1-2H3,(H,23,26)/t17?,18-,20-/m0/s1. The number of amides is 1. The molecule has 3 atom stereocenters. The Balaban J connectivity index is 1.42. The Morgan fingerprint density at radius 3 is 2.85 bits per heavy atom. The molecule has 1 aliphatic carbocycles. The number of carbonyl (C=O) groups excluding carboxylic acids is 1. The van der Waals surface area contributed by atoms with Crippen molar-refractivity contribution in [2.24, 2.45) is 5.92 Å². The smallest absolute Gasteiger partial charge is 0.255 e. The third-order valence-electron chi connectivity index (χ3n) is 6.34. The zero-order valence-electron chi connectivity index (χ0n) is 16.3. The third kappa shape index (κ3) is 4.59. The minimum atomic E-state index is -0.176. The summed E-state index contributed by atoms with van der Waals surface area (Å²) in [4.78, 5) is 15.0. The largest absolute Gasteiger partial charge is 0.507 e. The Morgan fingerprint density at radius 2 is 2.00 bits per heavy atom. The van der Waals surface area contributed by atoms with E-state index in [1.54, 1.807) is 12.1 Å². The van der Waals surface area contributed by atoms with Crippen LogP contribution >= 0.6 is 0 Å². The molecule has 1 aliphatic heterocycles. The van der Waals surface area contributed by atoms with Crippen LogP contribution in [-0.4, -0.2) is 41.1 Å². The first-order chi connectivity index (χ1) is 12.6. The molecule has 1 aromatic carbocycles. The van der Waals surface area contributed by atoms with Gasteiger partial charge >= 0.3 is 0 Å². The molecule has 0 bridgehead atoms. The second-order valence-electron chi connectivity index (χ2n) is 8.26. The fourth-order valence-corrected chi connectivity index (χ4v) is 4.84. The number of nitrogens with one attached hydrogen (secondary N) is 1. The van der Waals surface area contributed by atoms with Crippen molar-refractivity contribution in [3.63, 3.8) is 0 Å². The van der Waals surface area contributed by atoms with E-state index < -0.39 is 0 Å². The Morgan fingerprint density at radius 1 is 1.19 bits per heavy atom. The summed E-state index contributed by atoms with van der Waals surface area (Å²) < 4.78 is 0. The van der Waals surface area contributed by atoms with Gasteiger partial charge in [0, 0.05) is 18.6 Å². The van der Waals surface area contributed by atoms with Gasteiger partial charge in [-0.25, -0.2) is 0 Å². The van der Waals surface area contributed by atoms with Gasteiger partial charge in [-0.05, 0) is 77.0 Å². The lowest BCUT2D eigenvalue weighted by Gasteiger charge is -2.48. The first-order valence-corrected chi connectivity index (χ1v) is 10.4. The highest BCUT2D eigenvalue weighted by Crippen LogP contribution is 2.37. The molecule has 3 rings (SSSR count). The number of aryl methyl sites for hydroxylation is 1. The van der Waals surface area contributed by atoms with Crippen LogP contribution in [-0.2, 0) is 0 Å². The van der Waals surface area contributed by atoms with Crippen LogP contribution in [0.1, 0.15) is 74.2 Å². The molecule has 2 fully saturated rings. The molecule has 2 aliphatic rings. The Bertz CT molecular complexity index is 616. The number of nitrogens with zero attached hydrogens (tertiary/aromatic N) is 1. The molecule has 1 unspecified atom stereocenters. The SMILES string of the molecule is Cc1ccc(O)c(C(=O)NCCCCN2C(C)CC[C@@H]3CCCC[C@@H]32)c1. The van der Waals surface area contributed by atoms with Crippen molar-refractivity contribution in [3.8, 4) is 5.75 Å². The van der Waals surface area contributed by atoms with Crippen LogP contribution in [0.5, 0.6) is 5.75 Å². The summed E-state index contributed by atoms with van der Waals surface area (Å²) in [5.41, 5.74) is 1.36. The summed E-state index contributed by atoms with van der Waals surface area (Å²) in [6, 6.07) is 6.63. The number of hydrogen-bond acceptors (Lipinski definition) is 3. The van der Waals surface area contributed by atoms with Crippen LogP contribution in [0.2, 0.25) is 0 Å². The topological polar surface area (TPSA) is 52.6 Å². The number of likely N-dealkylation sites (tertiary alicyclic amines) is 1. The van der Waals surface area contributed by atoms with E-state index in [-0.39, 0.29) is 11.7 Å². The maximum Gasteiger partial charge on any atom is 0.255 e. The molecule has 0 spiro atoms. The number of rotatable bonds is 6. The highest BCUT2D eigenvalue weighted by Gasteiger charge is 2.35. The van der Waals surface area contributed by atoms with Crippen molar-refractivity contribution in [3.05, 3.63) is 29.3 Å². The van der Waals surface area contributed by atoms with Gasteiger partial charge in [0.25, 0.3) is 5.91 Å². The molecular weight excluding hydrogens is 324 g/mol. The molecule has 0 radical (unpaired) electrons. The lowest BCUT2D eigenvalue weighted by atomic mass is 9.76. The minimum Gasteiger partial charge on any atom is -0.507 e. The Hall–Kier alpha value is -1.55. The highest BCUT2D eigenvalue weighted by atomic mass is 16.3. The number of carbonyl (C=O) groups is 1. The number of piperidine rings is 1. The zero-order valence-corrected chi connectivity index (χ0v) is 16.3. The van der Waals surface area contributed by atoms with E-state index in [2.05, 4.69) is 17.1 Å². The number of aromatic hydroxyl groups is 1. The van der Waals surface area contributed by atoms with Gasteiger partial charge in [0.15, 0.2) is 0 Å². The summed E-state index contributed by atoms with van der Waals surface area (Å²) in [5, 5.41) is 12.8. The van der Waals surface area contributed by atoms with Crippen molar-refractivity contribution in [1.29, 1.82) is 0 Å². The molecule has 0 aromatic heterocycles. The molecule has 1 saturated heterocycles. The molecule has 1 saturated carbocycles. The van der Waals surface area contributed by atoms with E-state index in [4.69, 9.17) is 0 Å². The molecule has 144 valence electrons. The number of phenolic OH excluding ortho intramolecular Hbond substituents is 1. The van der Waals surface area contributed by atoms with Gasteiger partial charge in [0.2, 0.25) is 0 Å². The quantitative estimate of drug-likeness (QED) is 0.747. The normalized spacial score (nSPS) is 26.3. The minimum absolute atomic E-state index is 0.0542. The molecule has 1 amide bonds. The fourth-order valence-electron chi connectivity index (χ4n) is 4.84. The van der Waals surface area contributed by atoms with Crippen molar-refractivity contribution in [2.45, 2.75) is 77.3 Å². The van der Waals surface area contributed by atoms with E-state index in [9.17, 15) is 9.90 Å². The van der Waals surface area contributed by atoms with E-state index >= 15 is 0 Å². The predicted octanol–water partition coefficient (Wildman–Crippen LogP) is 4.25. The Labute approximate surface area is 158 Å². The molecular formula is C22H34N2O2. The van der Waals surface area contributed by atoms with Crippen molar-refractivity contribution in [2.75, 3.05) is 13.1 Å². The van der Waals surface area contributed by atoms with Gasteiger partial charge in [0.1, 0.15) is 5.75 Å². The van der Waals surface area contributed by atoms with Gasteiger partial charge in [-0.2, -0.15) is 0 Å². The predicted molar refractivity (Wildman–Crippen MR) is 106 cm³/mol. The lowest BCUT2D eigenvalue weighted by Crippen LogP contribution is -2.51. The fraction of sp³-hybridized carbons (Fsp3) is 0.682. The summed E-state index contributed by atoms with van der Waals surface area (Å²) >= 11 is 0. The van der Waals surface area contributed by atoms with E-state index in [1.807, 2.05) is 13.0 Å². The summed E-state index contributed by atoms with van der Waals surface area (Å²) in [6.45, 7) is 6.12. The molecule has 1 heterocycles. The molecule has 4 heteroatoms. The van der Waals surface area contributed by atoms with Gasteiger partial charge in [-0.15, -0.1) is 0 Å². The monoisotopic (exact) mass is 358 g/mol. The maximum absolute atomic E-state index is 12.2. The molecule has 2 N–H and O–H groups in total. The maximum atomic E-state index is 12.2. The van der Waals surface area contributed by atoms with Gasteiger partial charge in [0.05, 0.1) is 5.56 Å². The second kappa shape index (κ2) is 8.90. The van der Waals surface area contributed by atoms with E-state index in [0.717, 1.165) is 36.9 Å². The van der Waals surface area contributed by atoms with Crippen LogP contribution in [0.3, 0.4) is 0 Å². The molecule has 4 nitrogen and oxygen atoms in total. The summed E-state index contributed by atoms with van der Waals surface area (Å²) in [7, 11) is 0. The number of benzene rings is 1. The lowest BCUT2D eigenvalue weighted by molar-refractivity contribution is 0.0210. The molecule has 1 aromatic rings. The van der Waals surface area contributed by atoms with Gasteiger partial charge in [-0.3, -0.25) is 9.69 Å². The van der Waals surface area contributed by atoms with Crippen LogP contribution in [0, 0.1) is 12.8 Å². The van der Waals surface area contributed by atoms with Crippen molar-refractivity contribution < 1.29 is 9.90 Å². The van der Waals surface area contributed by atoms with Gasteiger partial charge in [-0.1, -0.05) is 24.5 Å². The van der Waals surface area contributed by atoms with Crippen LogP contribution < -0.4 is 5.32 Å². The highest BCUT2D eigenvalue weighted by molar-refractivity contribution is 5.96. The van der Waals surface area contributed by atoms with Gasteiger partial charge < -0.3 is 10.4 Å². The number of unbranched alkanes of at least 4 members (excludes halogenated alkanes) is 1. The second-order valence-corrected chi connectivity index (χ2v) is 8.26. The number of phenols is 1. The van der Waals surface area contributed by atoms with E-state index in [0.29, 0.717) is 18.2 Å². The molecule has 26 heavy (non-hydrogen) atoms. The first-order valence-electron chi connectivity index (χ1n) is 10.4. The van der Waals surface area contributed by atoms with E-state index in [1.165, 1.54) is 38.5 Å². The van der Waals surface area contributed by atoms with Crippen molar-refractivity contribution >= 4 is 5.91 Å². The van der Waals surface area contributed by atoms with Crippen LogP contribution in [0.4, 0.5) is 0 Å². The zero-order chi connectivity index (χ0) is 18.5.